The van der Waals surface area contributed by atoms with Gasteiger partial charge in [0.2, 0.25) is 17.6 Å². The highest BCUT2D eigenvalue weighted by Crippen LogP contribution is 2.20. The van der Waals surface area contributed by atoms with E-state index in [-0.39, 0.29) is 17.7 Å². The number of halogens is 1. The Morgan fingerprint density at radius 1 is 1.15 bits per heavy atom. The molecule has 3 aromatic rings. The zero-order valence-electron chi connectivity index (χ0n) is 15.4. The van der Waals surface area contributed by atoms with Crippen molar-refractivity contribution in [2.75, 3.05) is 5.32 Å². The quantitative estimate of drug-likeness (QED) is 0.712. The molecular weight excluding hydrogens is 366 g/mol. The summed E-state index contributed by atoms with van der Waals surface area (Å²) in [7, 11) is 0. The molecule has 0 aliphatic carbocycles. The monoisotopic (exact) mass is 385 g/mol. The van der Waals surface area contributed by atoms with E-state index < -0.39 is 0 Å². The number of amides is 1. The molecule has 0 saturated carbocycles. The Bertz CT molecular complexity index is 915. The van der Waals surface area contributed by atoms with Crippen molar-refractivity contribution < 1.29 is 9.32 Å². The number of nitrogens with one attached hydrogen (secondary N) is 1. The van der Waals surface area contributed by atoms with Gasteiger partial charge in [-0.25, -0.2) is 9.97 Å². The van der Waals surface area contributed by atoms with E-state index in [1.807, 2.05) is 32.9 Å². The molecule has 0 saturated heterocycles. The molecule has 0 aliphatic rings. The molecule has 27 heavy (non-hydrogen) atoms. The molecule has 1 amide bonds. The number of carbonyl (C=O) groups excluding carboxylic acids is 1. The van der Waals surface area contributed by atoms with Crippen LogP contribution in [0.1, 0.15) is 38.9 Å². The minimum absolute atomic E-state index is 0.137. The first-order valence-electron chi connectivity index (χ1n) is 8.52. The number of anilines is 1. The summed E-state index contributed by atoms with van der Waals surface area (Å²) in [6.45, 7) is 6.09. The molecule has 0 unspecified atom stereocenters. The summed E-state index contributed by atoms with van der Waals surface area (Å²) in [6, 6.07) is 7.14. The minimum atomic E-state index is -0.173. The van der Waals surface area contributed by atoms with Gasteiger partial charge < -0.3 is 9.84 Å². The maximum Gasteiger partial charge on any atom is 0.227 e. The van der Waals surface area contributed by atoms with Crippen molar-refractivity contribution in [3.63, 3.8) is 0 Å². The molecule has 0 atom stereocenters. The van der Waals surface area contributed by atoms with Gasteiger partial charge in [-0.2, -0.15) is 4.98 Å². The van der Waals surface area contributed by atoms with Crippen molar-refractivity contribution in [3.8, 4) is 11.4 Å². The third kappa shape index (κ3) is 5.10. The second kappa shape index (κ2) is 7.84. The number of aryl methyl sites for hydroxylation is 1. The highest BCUT2D eigenvalue weighted by molar-refractivity contribution is 6.30. The number of carbonyl (C=O) groups is 1. The Morgan fingerprint density at radius 2 is 1.81 bits per heavy atom. The fraction of sp³-hybridized carbons (Fsp3) is 0.316. The Morgan fingerprint density at radius 3 is 2.44 bits per heavy atom. The predicted molar refractivity (Wildman–Crippen MR) is 102 cm³/mol. The van der Waals surface area contributed by atoms with Gasteiger partial charge in [-0.3, -0.25) is 4.79 Å². The predicted octanol–water partition coefficient (Wildman–Crippen LogP) is 4.05. The molecule has 2 heterocycles. The first kappa shape index (κ1) is 19.0. The summed E-state index contributed by atoms with van der Waals surface area (Å²) < 4.78 is 5.20. The Balaban J connectivity index is 1.54. The average molecular weight is 386 g/mol. The smallest absolute Gasteiger partial charge is 0.227 e. The lowest BCUT2D eigenvalue weighted by atomic mass is 9.96. The lowest BCUT2D eigenvalue weighted by Crippen LogP contribution is -2.17. The van der Waals surface area contributed by atoms with Gasteiger partial charge in [0, 0.05) is 28.8 Å². The lowest BCUT2D eigenvalue weighted by molar-refractivity contribution is -0.116. The molecule has 140 valence electrons. The Kier molecular flexibility index (Phi) is 5.51. The molecule has 3 rings (SSSR count). The average Bonchev–Trinajstić information content (AvgIpc) is 3.09. The van der Waals surface area contributed by atoms with Gasteiger partial charge in [0.1, 0.15) is 5.82 Å². The van der Waals surface area contributed by atoms with Crippen LogP contribution in [0.3, 0.4) is 0 Å². The largest absolute Gasteiger partial charge is 0.339 e. The van der Waals surface area contributed by atoms with E-state index in [1.54, 1.807) is 24.5 Å². The van der Waals surface area contributed by atoms with Gasteiger partial charge in [-0.1, -0.05) is 37.5 Å². The van der Waals surface area contributed by atoms with Crippen LogP contribution in [0.25, 0.3) is 11.4 Å². The summed E-state index contributed by atoms with van der Waals surface area (Å²) in [5.74, 6) is 1.41. The zero-order valence-corrected chi connectivity index (χ0v) is 16.1. The third-order valence-electron chi connectivity index (χ3n) is 3.74. The van der Waals surface area contributed by atoms with Gasteiger partial charge in [0.25, 0.3) is 0 Å². The van der Waals surface area contributed by atoms with Gasteiger partial charge in [0.15, 0.2) is 0 Å². The lowest BCUT2D eigenvalue weighted by Gasteiger charge is -2.16. The molecule has 0 fully saturated rings. The van der Waals surface area contributed by atoms with Crippen LogP contribution in [-0.2, 0) is 16.6 Å². The van der Waals surface area contributed by atoms with Crippen LogP contribution in [0.15, 0.2) is 41.2 Å². The van der Waals surface area contributed by atoms with Crippen molar-refractivity contribution in [2.45, 2.75) is 39.0 Å². The van der Waals surface area contributed by atoms with Crippen LogP contribution in [0.2, 0.25) is 5.02 Å². The molecule has 0 radical (unpaired) electrons. The molecule has 0 bridgehead atoms. The third-order valence-corrected chi connectivity index (χ3v) is 3.99. The second-order valence-electron chi connectivity index (χ2n) is 7.11. The molecule has 0 aliphatic heterocycles. The minimum Gasteiger partial charge on any atom is -0.339 e. The number of aromatic nitrogens is 4. The molecule has 8 heteroatoms. The highest BCUT2D eigenvalue weighted by atomic mass is 35.5. The van der Waals surface area contributed by atoms with Crippen molar-refractivity contribution in [2.24, 2.45) is 0 Å². The summed E-state index contributed by atoms with van der Waals surface area (Å²) in [5.41, 5.74) is 1.22. The van der Waals surface area contributed by atoms with Crippen LogP contribution in [0.4, 0.5) is 5.69 Å². The fourth-order valence-electron chi connectivity index (χ4n) is 2.30. The van der Waals surface area contributed by atoms with Crippen LogP contribution < -0.4 is 5.32 Å². The Labute approximate surface area is 162 Å². The molecule has 2 aromatic heterocycles. The maximum atomic E-state index is 12.1. The van der Waals surface area contributed by atoms with E-state index >= 15 is 0 Å². The molecular formula is C19H20ClN5O2. The fourth-order valence-corrected chi connectivity index (χ4v) is 2.42. The number of rotatable bonds is 5. The van der Waals surface area contributed by atoms with Crippen molar-refractivity contribution >= 4 is 23.2 Å². The molecule has 0 spiro atoms. The zero-order chi connectivity index (χ0) is 19.4. The van der Waals surface area contributed by atoms with Crippen molar-refractivity contribution in [1.82, 2.24) is 20.1 Å². The van der Waals surface area contributed by atoms with Gasteiger partial charge in [-0.15, -0.1) is 0 Å². The summed E-state index contributed by atoms with van der Waals surface area (Å²) >= 11 is 5.87. The van der Waals surface area contributed by atoms with E-state index in [0.29, 0.717) is 28.8 Å². The number of hydrogen-bond acceptors (Lipinski definition) is 6. The van der Waals surface area contributed by atoms with E-state index in [4.69, 9.17) is 16.1 Å². The summed E-state index contributed by atoms with van der Waals surface area (Å²) in [4.78, 5) is 25.0. The number of nitrogens with zero attached hydrogens (tertiary/aromatic N) is 4. The molecule has 1 N–H and O–H groups in total. The van der Waals surface area contributed by atoms with Gasteiger partial charge in [0.05, 0.1) is 18.1 Å². The first-order valence-corrected chi connectivity index (χ1v) is 8.90. The number of hydrogen-bond donors (Lipinski definition) is 1. The first-order chi connectivity index (χ1) is 12.8. The molecule has 1 aromatic carbocycles. The van der Waals surface area contributed by atoms with Crippen molar-refractivity contribution in [1.29, 1.82) is 0 Å². The SMILES string of the molecule is CC(C)(C)c1ncc(NC(=O)CCc2nc(-c3ccc(Cl)cc3)no2)cn1. The van der Waals surface area contributed by atoms with E-state index in [0.717, 1.165) is 11.4 Å². The Hall–Kier alpha value is -2.80. The topological polar surface area (TPSA) is 93.8 Å². The van der Waals surface area contributed by atoms with Gasteiger partial charge in [-0.05, 0) is 24.3 Å². The van der Waals surface area contributed by atoms with Gasteiger partial charge >= 0.3 is 0 Å². The van der Waals surface area contributed by atoms with Crippen LogP contribution in [-0.4, -0.2) is 26.0 Å². The highest BCUT2D eigenvalue weighted by Gasteiger charge is 2.17. The van der Waals surface area contributed by atoms with Crippen LogP contribution in [0.5, 0.6) is 0 Å². The second-order valence-corrected chi connectivity index (χ2v) is 7.55. The summed E-state index contributed by atoms with van der Waals surface area (Å²) in [6.07, 6.45) is 3.77. The van der Waals surface area contributed by atoms with Crippen LogP contribution >= 0.6 is 11.6 Å². The van der Waals surface area contributed by atoms with Crippen LogP contribution in [0, 0.1) is 0 Å². The van der Waals surface area contributed by atoms with E-state index in [2.05, 4.69) is 25.4 Å². The van der Waals surface area contributed by atoms with Crippen molar-refractivity contribution in [3.05, 3.63) is 53.4 Å². The molecule has 7 nitrogen and oxygen atoms in total. The normalized spacial score (nSPS) is 11.4. The summed E-state index contributed by atoms with van der Waals surface area (Å²) in [5, 5.41) is 7.33. The van der Waals surface area contributed by atoms with E-state index in [9.17, 15) is 4.79 Å². The maximum absolute atomic E-state index is 12.1. The standard InChI is InChI=1S/C19H20ClN5O2/c1-19(2,3)18-21-10-14(11-22-18)23-15(26)8-9-16-24-17(25-27-16)12-4-6-13(20)7-5-12/h4-7,10-11H,8-9H2,1-3H3,(H,23,26). The van der Waals surface area contributed by atoms with E-state index in [1.165, 1.54) is 0 Å². The number of benzene rings is 1.